The molecule has 96 valence electrons. The second-order valence-electron chi connectivity index (χ2n) is 3.64. The summed E-state index contributed by atoms with van der Waals surface area (Å²) in [4.78, 5) is 20.7. The standard InChI is InChI=1S/C10H8FNO5S/c11-7-2-8(12(15)16)6(10(13)14)1-9(7)18-5-3-17-4-5/h1-2,5H,3-4H2,(H,13,14). The molecule has 18 heavy (non-hydrogen) atoms. The van der Waals surface area contributed by atoms with E-state index in [-0.39, 0.29) is 10.1 Å². The number of carboxylic acids is 1. The highest BCUT2D eigenvalue weighted by atomic mass is 32.2. The van der Waals surface area contributed by atoms with Crippen molar-refractivity contribution in [2.45, 2.75) is 10.1 Å². The van der Waals surface area contributed by atoms with Gasteiger partial charge in [0.05, 0.1) is 29.5 Å². The van der Waals surface area contributed by atoms with Crippen molar-refractivity contribution in [3.8, 4) is 0 Å². The largest absolute Gasteiger partial charge is 0.477 e. The van der Waals surface area contributed by atoms with Gasteiger partial charge in [-0.15, -0.1) is 11.8 Å². The van der Waals surface area contributed by atoms with Crippen LogP contribution in [0.3, 0.4) is 0 Å². The number of carbonyl (C=O) groups is 1. The molecule has 1 fully saturated rings. The molecule has 0 spiro atoms. The number of ether oxygens (including phenoxy) is 1. The van der Waals surface area contributed by atoms with Crippen molar-refractivity contribution >= 4 is 23.4 Å². The summed E-state index contributed by atoms with van der Waals surface area (Å²) in [5, 5.41) is 19.6. The van der Waals surface area contributed by atoms with E-state index in [4.69, 9.17) is 9.84 Å². The van der Waals surface area contributed by atoms with Crippen molar-refractivity contribution in [3.05, 3.63) is 33.6 Å². The zero-order chi connectivity index (χ0) is 13.3. The average molecular weight is 273 g/mol. The maximum atomic E-state index is 13.6. The first kappa shape index (κ1) is 12.8. The smallest absolute Gasteiger partial charge is 0.342 e. The number of nitro groups is 1. The minimum Gasteiger partial charge on any atom is -0.477 e. The summed E-state index contributed by atoms with van der Waals surface area (Å²) in [5.74, 6) is -2.24. The van der Waals surface area contributed by atoms with E-state index in [0.717, 1.165) is 17.8 Å². The summed E-state index contributed by atoms with van der Waals surface area (Å²) in [6.07, 6.45) is 0. The van der Waals surface area contributed by atoms with Crippen molar-refractivity contribution in [2.24, 2.45) is 0 Å². The normalized spacial score (nSPS) is 15.2. The molecule has 0 saturated carbocycles. The van der Waals surface area contributed by atoms with Crippen LogP contribution in [0.25, 0.3) is 0 Å². The van der Waals surface area contributed by atoms with Crippen LogP contribution in [0.2, 0.25) is 0 Å². The molecule has 0 atom stereocenters. The van der Waals surface area contributed by atoms with E-state index in [1.807, 2.05) is 0 Å². The van der Waals surface area contributed by atoms with Gasteiger partial charge in [-0.3, -0.25) is 10.1 Å². The van der Waals surface area contributed by atoms with Gasteiger partial charge >= 0.3 is 5.97 Å². The topological polar surface area (TPSA) is 89.7 Å². The number of nitrogens with zero attached hydrogens (tertiary/aromatic N) is 1. The van der Waals surface area contributed by atoms with Gasteiger partial charge in [0.1, 0.15) is 11.4 Å². The molecule has 0 aliphatic carbocycles. The molecule has 0 radical (unpaired) electrons. The fourth-order valence-electron chi connectivity index (χ4n) is 1.42. The van der Waals surface area contributed by atoms with Gasteiger partial charge in [-0.05, 0) is 6.07 Å². The highest BCUT2D eigenvalue weighted by molar-refractivity contribution is 8.00. The fourth-order valence-corrected chi connectivity index (χ4v) is 2.46. The van der Waals surface area contributed by atoms with E-state index in [0.29, 0.717) is 19.3 Å². The van der Waals surface area contributed by atoms with Crippen molar-refractivity contribution in [3.63, 3.8) is 0 Å². The lowest BCUT2D eigenvalue weighted by Gasteiger charge is -2.25. The van der Waals surface area contributed by atoms with Crippen LogP contribution in [-0.4, -0.2) is 34.5 Å². The number of aromatic carboxylic acids is 1. The monoisotopic (exact) mass is 273 g/mol. The number of hydrogen-bond acceptors (Lipinski definition) is 5. The Morgan fingerprint density at radius 1 is 1.56 bits per heavy atom. The second kappa shape index (κ2) is 4.91. The molecule has 1 aromatic carbocycles. The summed E-state index contributed by atoms with van der Waals surface area (Å²) in [6.45, 7) is 0.924. The predicted molar refractivity (Wildman–Crippen MR) is 60.5 cm³/mol. The first-order valence-electron chi connectivity index (χ1n) is 4.94. The maximum absolute atomic E-state index is 13.6. The van der Waals surface area contributed by atoms with Gasteiger partial charge in [-0.2, -0.15) is 0 Å². The quantitative estimate of drug-likeness (QED) is 0.666. The molecular formula is C10H8FNO5S. The number of rotatable bonds is 4. The van der Waals surface area contributed by atoms with Crippen LogP contribution in [0.1, 0.15) is 10.4 Å². The molecule has 1 N–H and O–H groups in total. The Hall–Kier alpha value is -1.67. The van der Waals surface area contributed by atoms with Gasteiger partial charge in [-0.25, -0.2) is 9.18 Å². The molecule has 1 aliphatic heterocycles. The first-order valence-corrected chi connectivity index (χ1v) is 5.82. The minimum absolute atomic E-state index is 0.0580. The van der Waals surface area contributed by atoms with Crippen molar-refractivity contribution in [1.29, 1.82) is 0 Å². The van der Waals surface area contributed by atoms with Gasteiger partial charge < -0.3 is 9.84 Å². The van der Waals surface area contributed by atoms with Crippen molar-refractivity contribution < 1.29 is 24.0 Å². The molecule has 1 aliphatic rings. The lowest BCUT2D eigenvalue weighted by atomic mass is 10.2. The van der Waals surface area contributed by atoms with E-state index in [1.165, 1.54) is 0 Å². The molecule has 0 aromatic heterocycles. The molecule has 8 heteroatoms. The molecule has 0 bridgehead atoms. The van der Waals surface area contributed by atoms with Gasteiger partial charge in [0.2, 0.25) is 0 Å². The van der Waals surface area contributed by atoms with Crippen LogP contribution in [0.15, 0.2) is 17.0 Å². The third-order valence-electron chi connectivity index (χ3n) is 2.38. The summed E-state index contributed by atoms with van der Waals surface area (Å²) in [5.41, 5.74) is -1.25. The zero-order valence-corrected chi connectivity index (χ0v) is 9.78. The highest BCUT2D eigenvalue weighted by Gasteiger charge is 2.26. The highest BCUT2D eigenvalue weighted by Crippen LogP contribution is 2.33. The Morgan fingerprint density at radius 3 is 2.67 bits per heavy atom. The number of halogens is 1. The predicted octanol–water partition coefficient (Wildman–Crippen LogP) is 1.92. The Morgan fingerprint density at radius 2 is 2.22 bits per heavy atom. The Bertz CT molecular complexity index is 517. The lowest BCUT2D eigenvalue weighted by Crippen LogP contribution is -2.30. The van der Waals surface area contributed by atoms with Gasteiger partial charge in [-0.1, -0.05) is 0 Å². The second-order valence-corrected chi connectivity index (χ2v) is 4.98. The Labute approximate surface area is 105 Å². The number of carboxylic acid groups (broad SMARTS) is 1. The van der Waals surface area contributed by atoms with Crippen LogP contribution < -0.4 is 0 Å². The summed E-state index contributed by atoms with van der Waals surface area (Å²) < 4.78 is 18.5. The van der Waals surface area contributed by atoms with Crippen molar-refractivity contribution in [2.75, 3.05) is 13.2 Å². The van der Waals surface area contributed by atoms with Crippen LogP contribution in [-0.2, 0) is 4.74 Å². The fraction of sp³-hybridized carbons (Fsp3) is 0.300. The maximum Gasteiger partial charge on any atom is 0.342 e. The van der Waals surface area contributed by atoms with Crippen LogP contribution in [0.5, 0.6) is 0 Å². The van der Waals surface area contributed by atoms with Crippen LogP contribution in [0.4, 0.5) is 10.1 Å². The first-order chi connectivity index (χ1) is 8.49. The molecule has 2 rings (SSSR count). The average Bonchev–Trinajstić information content (AvgIpc) is 2.23. The van der Waals surface area contributed by atoms with Crippen LogP contribution >= 0.6 is 11.8 Å². The van der Waals surface area contributed by atoms with Gasteiger partial charge in [0, 0.05) is 4.90 Å². The summed E-state index contributed by atoms with van der Waals surface area (Å²) in [7, 11) is 0. The molecule has 0 unspecified atom stereocenters. The third-order valence-corrected chi connectivity index (χ3v) is 3.55. The Balaban J connectivity index is 2.38. The molecule has 1 saturated heterocycles. The number of thioether (sulfide) groups is 1. The number of hydrogen-bond donors (Lipinski definition) is 1. The molecular weight excluding hydrogens is 265 g/mol. The molecule has 0 amide bonds. The number of benzene rings is 1. The van der Waals surface area contributed by atoms with Crippen LogP contribution in [0, 0.1) is 15.9 Å². The Kier molecular flexibility index (Phi) is 3.48. The lowest BCUT2D eigenvalue weighted by molar-refractivity contribution is -0.385. The summed E-state index contributed by atoms with van der Waals surface area (Å²) in [6, 6.07) is 1.64. The zero-order valence-electron chi connectivity index (χ0n) is 8.96. The van der Waals surface area contributed by atoms with Gasteiger partial charge in [0.15, 0.2) is 0 Å². The summed E-state index contributed by atoms with van der Waals surface area (Å²) >= 11 is 1.12. The minimum atomic E-state index is -1.45. The third kappa shape index (κ3) is 2.44. The van der Waals surface area contributed by atoms with E-state index in [2.05, 4.69) is 0 Å². The molecule has 1 aromatic rings. The van der Waals surface area contributed by atoms with E-state index in [9.17, 15) is 19.3 Å². The van der Waals surface area contributed by atoms with E-state index in [1.54, 1.807) is 0 Å². The van der Waals surface area contributed by atoms with Crippen molar-refractivity contribution in [1.82, 2.24) is 0 Å². The number of nitro benzene ring substituents is 1. The SMILES string of the molecule is O=C(O)c1cc(SC2COC2)c(F)cc1[N+](=O)[O-]. The van der Waals surface area contributed by atoms with Gasteiger partial charge in [0.25, 0.3) is 5.69 Å². The molecule has 6 nitrogen and oxygen atoms in total. The molecule has 1 heterocycles. The van der Waals surface area contributed by atoms with E-state index < -0.39 is 28.0 Å². The van der Waals surface area contributed by atoms with E-state index >= 15 is 0 Å².